The van der Waals surface area contributed by atoms with E-state index >= 15 is 0 Å². The summed E-state index contributed by atoms with van der Waals surface area (Å²) in [5, 5.41) is 15.9. The van der Waals surface area contributed by atoms with Crippen LogP contribution in [0.15, 0.2) is 71.5 Å². The van der Waals surface area contributed by atoms with Crippen molar-refractivity contribution in [2.75, 3.05) is 22.8 Å². The Bertz CT molecular complexity index is 1640. The molecule has 0 saturated carbocycles. The summed E-state index contributed by atoms with van der Waals surface area (Å²) in [6.07, 6.45) is 4.53. The average Bonchev–Trinajstić information content (AvgIpc) is 3.66. The van der Waals surface area contributed by atoms with Crippen LogP contribution in [0.4, 0.5) is 24.1 Å². The van der Waals surface area contributed by atoms with E-state index in [9.17, 15) is 23.1 Å². The number of carbonyl (C=O) groups is 1. The van der Waals surface area contributed by atoms with Crippen molar-refractivity contribution in [2.24, 2.45) is 0 Å². The average molecular weight is 659 g/mol. The highest BCUT2D eigenvalue weighted by molar-refractivity contribution is 8.00. The highest BCUT2D eigenvalue weighted by Crippen LogP contribution is 2.38. The summed E-state index contributed by atoms with van der Waals surface area (Å²) in [6, 6.07) is 15.0. The molecule has 0 radical (unpaired) electrons. The molecule has 0 unspecified atom stereocenters. The number of nitrogens with one attached hydrogen (secondary N) is 1. The van der Waals surface area contributed by atoms with Crippen molar-refractivity contribution in [3.63, 3.8) is 0 Å². The minimum Gasteiger partial charge on any atom is -0.478 e. The van der Waals surface area contributed by atoms with E-state index in [-0.39, 0.29) is 5.88 Å². The molecular formula is C31H33F3N6O3S2. The standard InChI is InChI=1S/C31H33F3N6O3S2/c1-2-10-22(29(41)42)19-39-17-8-4-3-5-11-21-12-6-7-13-23(21)27-28(40-18-16-25(37-40)43-20-31(32,33)34)44-30(36-27)38-45-26-15-9-14-24(39)35-26/h6-7,9,12-16,18-19H,2-5,8,10-11,17,20H2,1H3,(H,36,38)(H,41,42)/b22-19+. The highest BCUT2D eigenvalue weighted by Gasteiger charge is 2.29. The van der Waals surface area contributed by atoms with E-state index in [0.29, 0.717) is 45.2 Å². The molecule has 0 amide bonds. The Morgan fingerprint density at radius 2 is 1.91 bits per heavy atom. The van der Waals surface area contributed by atoms with Crippen LogP contribution >= 0.6 is 23.3 Å². The van der Waals surface area contributed by atoms with Gasteiger partial charge in [-0.2, -0.15) is 13.2 Å². The molecule has 9 nitrogen and oxygen atoms in total. The Kier molecular flexibility index (Phi) is 10.7. The molecule has 0 saturated heterocycles. The van der Waals surface area contributed by atoms with Gasteiger partial charge in [-0.15, -0.1) is 5.10 Å². The minimum absolute atomic E-state index is 0.136. The maximum absolute atomic E-state index is 12.7. The fourth-order valence-electron chi connectivity index (χ4n) is 4.91. The molecule has 1 aliphatic rings. The van der Waals surface area contributed by atoms with Gasteiger partial charge in [-0.3, -0.25) is 0 Å². The summed E-state index contributed by atoms with van der Waals surface area (Å²) in [7, 11) is 0. The first-order chi connectivity index (χ1) is 21.7. The van der Waals surface area contributed by atoms with Crippen LogP contribution in [0.3, 0.4) is 0 Å². The second-order valence-corrected chi connectivity index (χ2v) is 12.2. The van der Waals surface area contributed by atoms with E-state index in [1.54, 1.807) is 12.4 Å². The van der Waals surface area contributed by atoms with Gasteiger partial charge in [-0.1, -0.05) is 67.9 Å². The fourth-order valence-corrected chi connectivity index (χ4v) is 6.49. The molecule has 0 aliphatic carbocycles. The van der Waals surface area contributed by atoms with Crippen LogP contribution in [0.1, 0.15) is 51.0 Å². The van der Waals surface area contributed by atoms with Crippen molar-refractivity contribution < 1.29 is 27.8 Å². The number of aryl methyl sites for hydroxylation is 1. The largest absolute Gasteiger partial charge is 0.478 e. The van der Waals surface area contributed by atoms with Gasteiger partial charge in [-0.25, -0.2) is 19.4 Å². The maximum atomic E-state index is 12.7. The number of anilines is 2. The summed E-state index contributed by atoms with van der Waals surface area (Å²) >= 11 is 2.57. The second kappa shape index (κ2) is 14.8. The van der Waals surface area contributed by atoms with Crippen molar-refractivity contribution in [3.05, 3.63) is 72.1 Å². The second-order valence-electron chi connectivity index (χ2n) is 10.4. The van der Waals surface area contributed by atoms with E-state index in [0.717, 1.165) is 49.7 Å². The molecule has 0 atom stereocenters. The molecular weight excluding hydrogens is 626 g/mol. The monoisotopic (exact) mass is 658 g/mol. The number of alkyl halides is 3. The smallest absolute Gasteiger partial charge is 0.422 e. The van der Waals surface area contributed by atoms with Crippen LogP contribution in [0.5, 0.6) is 5.88 Å². The van der Waals surface area contributed by atoms with Gasteiger partial charge >= 0.3 is 12.1 Å². The third kappa shape index (κ3) is 8.78. The zero-order valence-electron chi connectivity index (χ0n) is 24.6. The van der Waals surface area contributed by atoms with Crippen LogP contribution in [-0.2, 0) is 11.2 Å². The van der Waals surface area contributed by atoms with Crippen LogP contribution < -0.4 is 14.4 Å². The first-order valence-corrected chi connectivity index (χ1v) is 16.3. The lowest BCUT2D eigenvalue weighted by Gasteiger charge is -2.21. The lowest BCUT2D eigenvalue weighted by Crippen LogP contribution is -2.21. The Morgan fingerprint density at radius 1 is 1.09 bits per heavy atom. The molecule has 5 rings (SSSR count). The summed E-state index contributed by atoms with van der Waals surface area (Å²) < 4.78 is 47.8. The minimum atomic E-state index is -4.47. The van der Waals surface area contributed by atoms with Gasteiger partial charge in [0.2, 0.25) is 5.88 Å². The summed E-state index contributed by atoms with van der Waals surface area (Å²) in [4.78, 5) is 23.5. The summed E-state index contributed by atoms with van der Waals surface area (Å²) in [5.41, 5.74) is 3.03. The molecule has 1 aromatic carbocycles. The van der Waals surface area contributed by atoms with Gasteiger partial charge in [0, 0.05) is 42.5 Å². The number of aromatic nitrogens is 4. The number of thiazole rings is 1. The van der Waals surface area contributed by atoms with Crippen molar-refractivity contribution in [1.82, 2.24) is 19.7 Å². The van der Waals surface area contributed by atoms with E-state index in [1.807, 2.05) is 48.2 Å². The first kappa shape index (κ1) is 32.4. The van der Waals surface area contributed by atoms with Crippen LogP contribution in [0, 0.1) is 0 Å². The first-order valence-electron chi connectivity index (χ1n) is 14.7. The normalized spacial score (nSPS) is 14.8. The third-order valence-electron chi connectivity index (χ3n) is 6.99. The van der Waals surface area contributed by atoms with Crippen LogP contribution in [0.2, 0.25) is 0 Å². The number of carboxylic acids is 1. The number of benzene rings is 1. The van der Waals surface area contributed by atoms with Gasteiger partial charge in [0.1, 0.15) is 21.5 Å². The number of halogens is 3. The molecule has 1 aliphatic heterocycles. The van der Waals surface area contributed by atoms with E-state index in [2.05, 4.69) is 15.9 Å². The number of pyridine rings is 1. The van der Waals surface area contributed by atoms with Crippen molar-refractivity contribution >= 4 is 40.2 Å². The molecule has 0 fully saturated rings. The molecule has 2 N–H and O–H groups in total. The molecule has 45 heavy (non-hydrogen) atoms. The number of aliphatic carboxylic acids is 1. The van der Waals surface area contributed by atoms with Crippen LogP contribution in [-0.4, -0.2) is 50.2 Å². The third-order valence-corrected chi connectivity index (χ3v) is 8.81. The number of carboxylic acid groups (broad SMARTS) is 1. The Morgan fingerprint density at radius 3 is 2.71 bits per heavy atom. The van der Waals surface area contributed by atoms with Crippen molar-refractivity contribution in [3.8, 4) is 22.1 Å². The zero-order valence-corrected chi connectivity index (χ0v) is 26.2. The van der Waals surface area contributed by atoms with E-state index < -0.39 is 18.8 Å². The van der Waals surface area contributed by atoms with Gasteiger partial charge in [-0.05, 0) is 43.4 Å². The predicted octanol–water partition coefficient (Wildman–Crippen LogP) is 8.14. The molecule has 14 heteroatoms. The molecule has 0 spiro atoms. The lowest BCUT2D eigenvalue weighted by atomic mass is 9.99. The molecule has 4 aromatic rings. The Labute approximate surface area is 267 Å². The number of rotatable bonds is 7. The van der Waals surface area contributed by atoms with E-state index in [4.69, 9.17) is 14.7 Å². The molecule has 238 valence electrons. The number of hydrogen-bond donors (Lipinski definition) is 2. The topological polar surface area (TPSA) is 105 Å². The SMILES string of the molecule is CCC/C(=C\N1CCCCCCc2ccccc2-c2nc(sc2-n2ccc(OCC(F)(F)F)n2)NSc2cccc1n2)C(=O)O. The van der Waals surface area contributed by atoms with Crippen molar-refractivity contribution in [1.29, 1.82) is 0 Å². The maximum Gasteiger partial charge on any atom is 0.422 e. The fraction of sp³-hybridized carbons (Fsp3) is 0.355. The molecule has 4 heterocycles. The Hall–Kier alpha value is -4.04. The van der Waals surface area contributed by atoms with Crippen LogP contribution in [0.25, 0.3) is 16.3 Å². The number of hydrogen-bond acceptors (Lipinski definition) is 9. The van der Waals surface area contributed by atoms with Crippen molar-refractivity contribution in [2.45, 2.75) is 63.1 Å². The van der Waals surface area contributed by atoms with Gasteiger partial charge in [0.15, 0.2) is 11.7 Å². The van der Waals surface area contributed by atoms with Gasteiger partial charge in [0.25, 0.3) is 0 Å². The van der Waals surface area contributed by atoms with E-state index in [1.165, 1.54) is 34.0 Å². The van der Waals surface area contributed by atoms with Gasteiger partial charge < -0.3 is 19.5 Å². The quantitative estimate of drug-likeness (QED) is 0.150. The predicted molar refractivity (Wildman–Crippen MR) is 170 cm³/mol. The highest BCUT2D eigenvalue weighted by atomic mass is 32.2. The lowest BCUT2D eigenvalue weighted by molar-refractivity contribution is -0.154. The number of fused-ring (bicyclic) bond motifs is 6. The number of ether oxygens (including phenoxy) is 1. The van der Waals surface area contributed by atoms with Gasteiger partial charge in [0.05, 0.1) is 5.57 Å². The summed E-state index contributed by atoms with van der Waals surface area (Å²) in [5.74, 6) is -0.419. The number of nitrogens with zero attached hydrogens (tertiary/aromatic N) is 5. The zero-order chi connectivity index (χ0) is 31.8. The Balaban J connectivity index is 1.49. The molecule has 4 bridgehead atoms. The molecule has 3 aromatic heterocycles. The summed E-state index contributed by atoms with van der Waals surface area (Å²) in [6.45, 7) is 1.17.